The number of methoxy groups -OCH3 is 2. The topological polar surface area (TPSA) is 107 Å². The Morgan fingerprint density at radius 1 is 1.21 bits per heavy atom. The highest BCUT2D eigenvalue weighted by Crippen LogP contribution is 2.34. The smallest absolute Gasteiger partial charge is 0.289 e. The van der Waals surface area contributed by atoms with Crippen molar-refractivity contribution >= 4 is 28.6 Å². The summed E-state index contributed by atoms with van der Waals surface area (Å²) in [5, 5.41) is 0.0491. The molecule has 1 aliphatic rings. The molecule has 3 heterocycles. The van der Waals surface area contributed by atoms with E-state index in [0.29, 0.717) is 26.2 Å². The number of furan rings is 1. The van der Waals surface area contributed by atoms with Gasteiger partial charge in [0.25, 0.3) is 5.91 Å². The van der Waals surface area contributed by atoms with Gasteiger partial charge in [-0.25, -0.2) is 4.98 Å². The molecule has 2 N–H and O–H groups in total. The standard InChI is InChI=1S/C19H21N5O4/c1-26-15-10-12-13(11-16(15)27-2)21-19(22-17(12)20)24-7-5-23(6-8-24)18(25)14-4-3-9-28-14/h3-4,9-11H,5-8H2,1-2H3,(H2,20,21,22)/i10D,11D/hD2. The Balaban J connectivity index is 1.71. The van der Waals surface area contributed by atoms with Gasteiger partial charge in [0.15, 0.2) is 20.1 Å². The Kier molecular flexibility index (Phi) is 3.54. The zero-order valence-corrected chi connectivity index (χ0v) is 15.4. The van der Waals surface area contributed by atoms with Gasteiger partial charge < -0.3 is 29.4 Å². The largest absolute Gasteiger partial charge is 0.493 e. The van der Waals surface area contributed by atoms with E-state index in [1.807, 2.05) is 0 Å². The van der Waals surface area contributed by atoms with Crippen molar-refractivity contribution in [1.29, 1.82) is 0 Å². The number of amides is 1. The van der Waals surface area contributed by atoms with Crippen molar-refractivity contribution in [3.63, 3.8) is 0 Å². The lowest BCUT2D eigenvalue weighted by molar-refractivity contribution is 0.0714. The third-order valence-electron chi connectivity index (χ3n) is 4.54. The van der Waals surface area contributed by atoms with Gasteiger partial charge in [0.1, 0.15) is 5.82 Å². The lowest BCUT2D eigenvalue weighted by Crippen LogP contribution is -2.49. The van der Waals surface area contributed by atoms with Gasteiger partial charge in [-0.1, -0.05) is 0 Å². The summed E-state index contributed by atoms with van der Waals surface area (Å²) in [5.41, 5.74) is 0.361. The van der Waals surface area contributed by atoms with Gasteiger partial charge in [0.05, 0.1) is 28.7 Å². The van der Waals surface area contributed by atoms with Gasteiger partial charge in [-0.05, 0) is 18.2 Å². The average molecular weight is 387 g/mol. The van der Waals surface area contributed by atoms with Crippen molar-refractivity contribution in [3.05, 3.63) is 36.2 Å². The van der Waals surface area contributed by atoms with Crippen molar-refractivity contribution in [1.82, 2.24) is 14.9 Å². The Morgan fingerprint density at radius 2 is 1.96 bits per heavy atom. The highest BCUT2D eigenvalue weighted by molar-refractivity contribution is 5.92. The molecule has 0 saturated carbocycles. The predicted octanol–water partition coefficient (Wildman–Crippen LogP) is 1.78. The van der Waals surface area contributed by atoms with E-state index in [2.05, 4.69) is 9.97 Å². The molecule has 3 aromatic rings. The molecule has 9 heteroatoms. The molecule has 4 rings (SSSR count). The van der Waals surface area contributed by atoms with Crippen LogP contribution in [0.2, 0.25) is 2.82 Å². The zero-order chi connectivity index (χ0) is 23.0. The van der Waals surface area contributed by atoms with E-state index in [0.717, 1.165) is 0 Å². The average Bonchev–Trinajstić information content (AvgIpc) is 3.35. The van der Waals surface area contributed by atoms with Crippen molar-refractivity contribution in [2.24, 2.45) is 0 Å². The summed E-state index contributed by atoms with van der Waals surface area (Å²) in [6.45, 7) is 1.60. The molecule has 0 spiro atoms. The Hall–Kier alpha value is -3.49. The number of nitrogen functional groups attached to an aromatic ring is 1. The second-order valence-electron chi connectivity index (χ2n) is 6.14. The van der Waals surface area contributed by atoms with Gasteiger partial charge >= 0.3 is 0 Å². The van der Waals surface area contributed by atoms with Crippen molar-refractivity contribution in [2.75, 3.05) is 51.0 Å². The molecule has 0 bridgehead atoms. The third kappa shape index (κ3) is 3.15. The van der Waals surface area contributed by atoms with Gasteiger partial charge in [-0.2, -0.15) is 4.98 Å². The normalized spacial score (nSPS) is 16.2. The molecular formula is C19H21N5O4. The molecule has 0 unspecified atom stereocenters. The van der Waals surface area contributed by atoms with Gasteiger partial charge in [0, 0.05) is 37.6 Å². The van der Waals surface area contributed by atoms with E-state index in [-0.39, 0.29) is 63.6 Å². The van der Waals surface area contributed by atoms with Gasteiger partial charge in [-0.3, -0.25) is 4.79 Å². The van der Waals surface area contributed by atoms with Crippen LogP contribution in [0.4, 0.5) is 11.8 Å². The van der Waals surface area contributed by atoms with Crippen LogP contribution in [0.5, 0.6) is 11.5 Å². The second-order valence-corrected chi connectivity index (χ2v) is 6.14. The number of anilines is 2. The summed E-state index contributed by atoms with van der Waals surface area (Å²) in [7, 11) is 2.71. The molecule has 1 aromatic carbocycles. The fraction of sp³-hybridized carbons (Fsp3) is 0.316. The maximum atomic E-state index is 12.5. The SMILES string of the molecule is [2H]c1c(OC)c(OC)c([2H])c2c(N([2H])[2H])nc(N3CCN(C(=O)c4ccco4)CC3)nc12. The van der Waals surface area contributed by atoms with E-state index >= 15 is 0 Å². The Morgan fingerprint density at radius 3 is 2.61 bits per heavy atom. The minimum atomic E-state index is -0.206. The molecule has 2 aromatic heterocycles. The number of hydrogen-bond acceptors (Lipinski definition) is 8. The molecular weight excluding hydrogens is 362 g/mol. The summed E-state index contributed by atoms with van der Waals surface area (Å²) in [6, 6.07) is 2.97. The van der Waals surface area contributed by atoms with Gasteiger partial charge in [0.2, 0.25) is 5.95 Å². The van der Waals surface area contributed by atoms with Gasteiger partial charge in [-0.15, -0.1) is 0 Å². The van der Waals surface area contributed by atoms with Crippen molar-refractivity contribution in [2.45, 2.75) is 0 Å². The zero-order valence-electron chi connectivity index (χ0n) is 19.4. The maximum Gasteiger partial charge on any atom is 0.289 e. The number of nitrogens with zero attached hydrogens (tertiary/aromatic N) is 4. The summed E-state index contributed by atoms with van der Waals surface area (Å²) in [6.07, 6.45) is 1.45. The quantitative estimate of drug-likeness (QED) is 0.706. The van der Waals surface area contributed by atoms with Crippen LogP contribution >= 0.6 is 0 Å². The first-order valence-electron chi connectivity index (χ1n) is 10.5. The summed E-state index contributed by atoms with van der Waals surface area (Å²) < 4.78 is 48.2. The number of hydrogen-bond donors (Lipinski definition) is 1. The van der Waals surface area contributed by atoms with Crippen molar-refractivity contribution < 1.29 is 24.3 Å². The number of aromatic nitrogens is 2. The highest BCUT2D eigenvalue weighted by Gasteiger charge is 2.25. The molecule has 0 atom stereocenters. The summed E-state index contributed by atoms with van der Waals surface area (Å²) in [4.78, 5) is 24.7. The first-order valence-corrected chi connectivity index (χ1v) is 8.65. The second kappa shape index (κ2) is 7.26. The molecule has 146 valence electrons. The predicted molar refractivity (Wildman–Crippen MR) is 104 cm³/mol. The lowest BCUT2D eigenvalue weighted by Gasteiger charge is -2.34. The van der Waals surface area contributed by atoms with Crippen molar-refractivity contribution in [3.8, 4) is 11.5 Å². The van der Waals surface area contributed by atoms with Crippen LogP contribution in [0.3, 0.4) is 0 Å². The van der Waals surface area contributed by atoms with E-state index in [4.69, 9.17) is 19.5 Å². The first kappa shape index (κ1) is 13.6. The minimum Gasteiger partial charge on any atom is -0.493 e. The summed E-state index contributed by atoms with van der Waals surface area (Å²) >= 11 is 0. The maximum absolute atomic E-state index is 12.5. The number of piperazine rings is 1. The van der Waals surface area contributed by atoms with Crippen LogP contribution in [0.15, 0.2) is 34.9 Å². The Labute approximate surface area is 167 Å². The number of nitrogens with two attached hydrogens (primary N) is 1. The van der Waals surface area contributed by atoms with Crippen LogP contribution in [0.25, 0.3) is 10.9 Å². The van der Waals surface area contributed by atoms with Crippen LogP contribution in [0.1, 0.15) is 13.3 Å². The van der Waals surface area contributed by atoms with E-state index < -0.39 is 0 Å². The Bertz CT molecular complexity index is 1150. The number of benzene rings is 1. The van der Waals surface area contributed by atoms with E-state index in [9.17, 15) is 4.79 Å². The van der Waals surface area contributed by atoms with E-state index in [1.165, 1.54) is 20.5 Å². The lowest BCUT2D eigenvalue weighted by atomic mass is 10.2. The van der Waals surface area contributed by atoms with E-state index in [1.54, 1.807) is 21.9 Å². The van der Waals surface area contributed by atoms with Crippen LogP contribution in [0, 0.1) is 0 Å². The monoisotopic (exact) mass is 387 g/mol. The molecule has 1 fully saturated rings. The fourth-order valence-electron chi connectivity index (χ4n) is 3.07. The minimum absolute atomic E-state index is 0.00880. The molecule has 1 saturated heterocycles. The third-order valence-corrected chi connectivity index (χ3v) is 4.54. The molecule has 0 radical (unpaired) electrons. The highest BCUT2D eigenvalue weighted by atomic mass is 16.5. The molecule has 28 heavy (non-hydrogen) atoms. The molecule has 0 aliphatic carbocycles. The number of carbonyl (C=O) groups excluding carboxylic acids is 1. The first-order chi connectivity index (χ1) is 15.4. The molecule has 9 nitrogen and oxygen atoms in total. The number of fused-ring (bicyclic) bond motifs is 1. The van der Waals surface area contributed by atoms with Crippen LogP contribution < -0.4 is 20.1 Å². The fourth-order valence-corrected chi connectivity index (χ4v) is 3.07. The summed E-state index contributed by atoms with van der Waals surface area (Å²) in [5.74, 6) is 0.151. The van der Waals surface area contributed by atoms with Crippen LogP contribution in [-0.4, -0.2) is 61.2 Å². The number of carbonyl (C=O) groups is 1. The molecule has 1 aliphatic heterocycles. The number of ether oxygens (including phenoxy) is 2. The molecule has 1 amide bonds. The van der Waals surface area contributed by atoms with Crippen LogP contribution in [-0.2, 0) is 0 Å². The number of rotatable bonds is 5.